The smallest absolute Gasteiger partial charge is 0.227 e. The van der Waals surface area contributed by atoms with Crippen LogP contribution in [0.4, 0.5) is 11.9 Å². The fourth-order valence-corrected chi connectivity index (χ4v) is 1.30. The summed E-state index contributed by atoms with van der Waals surface area (Å²) in [6.45, 7) is 12.4. The predicted molar refractivity (Wildman–Crippen MR) is 71.4 cm³/mol. The van der Waals surface area contributed by atoms with Gasteiger partial charge in [0.2, 0.25) is 11.9 Å². The Balaban J connectivity index is 3.00. The van der Waals surface area contributed by atoms with Crippen LogP contribution in [0.2, 0.25) is 0 Å². The highest BCUT2D eigenvalue weighted by Crippen LogP contribution is 2.14. The highest BCUT2D eigenvalue weighted by atomic mass is 15.2. The van der Waals surface area contributed by atoms with E-state index < -0.39 is 0 Å². The zero-order valence-corrected chi connectivity index (χ0v) is 11.6. The van der Waals surface area contributed by atoms with Crippen molar-refractivity contribution >= 4 is 11.9 Å². The molecule has 1 aromatic rings. The first-order chi connectivity index (χ1) is 7.88. The standard InChI is InChI=1S/C12H23N5/c1-7(2)10-15-11(13-8(3)4)17-12(16-10)14-9(5)6/h7-9H,1-6H3,(H2,13,14,15,16,17). The lowest BCUT2D eigenvalue weighted by molar-refractivity contribution is 0.747. The summed E-state index contributed by atoms with van der Waals surface area (Å²) in [5.74, 6) is 2.38. The molecule has 96 valence electrons. The summed E-state index contributed by atoms with van der Waals surface area (Å²) in [6.07, 6.45) is 0. The van der Waals surface area contributed by atoms with Crippen molar-refractivity contribution < 1.29 is 0 Å². The van der Waals surface area contributed by atoms with Crippen molar-refractivity contribution in [2.24, 2.45) is 0 Å². The van der Waals surface area contributed by atoms with E-state index in [2.05, 4.69) is 67.1 Å². The van der Waals surface area contributed by atoms with E-state index in [0.717, 1.165) is 5.82 Å². The summed E-state index contributed by atoms with van der Waals surface area (Å²) in [6, 6.07) is 0.619. The largest absolute Gasteiger partial charge is 0.352 e. The van der Waals surface area contributed by atoms with Crippen LogP contribution in [-0.2, 0) is 0 Å². The Morgan fingerprint density at radius 2 is 1.12 bits per heavy atom. The summed E-state index contributed by atoms with van der Waals surface area (Å²) >= 11 is 0. The average molecular weight is 237 g/mol. The molecule has 0 unspecified atom stereocenters. The number of anilines is 2. The maximum absolute atomic E-state index is 4.41. The van der Waals surface area contributed by atoms with Crippen LogP contribution in [0, 0.1) is 0 Å². The van der Waals surface area contributed by atoms with Gasteiger partial charge in [0.1, 0.15) is 5.82 Å². The molecule has 0 saturated carbocycles. The second-order valence-electron chi connectivity index (χ2n) is 5.09. The zero-order chi connectivity index (χ0) is 13.0. The molecule has 0 atom stereocenters. The van der Waals surface area contributed by atoms with E-state index in [1.165, 1.54) is 0 Å². The van der Waals surface area contributed by atoms with Gasteiger partial charge in [0.15, 0.2) is 0 Å². The molecule has 0 spiro atoms. The Labute approximate surface area is 103 Å². The molecule has 5 nitrogen and oxygen atoms in total. The minimum Gasteiger partial charge on any atom is -0.352 e. The third kappa shape index (κ3) is 4.54. The van der Waals surface area contributed by atoms with Crippen molar-refractivity contribution in [3.05, 3.63) is 5.82 Å². The Kier molecular flexibility index (Phi) is 4.66. The van der Waals surface area contributed by atoms with E-state index in [-0.39, 0.29) is 0 Å². The van der Waals surface area contributed by atoms with E-state index in [9.17, 15) is 0 Å². The van der Waals surface area contributed by atoms with Crippen LogP contribution in [0.1, 0.15) is 53.3 Å². The van der Waals surface area contributed by atoms with Gasteiger partial charge in [0.25, 0.3) is 0 Å². The quantitative estimate of drug-likeness (QED) is 0.824. The third-order valence-electron chi connectivity index (χ3n) is 2.00. The van der Waals surface area contributed by atoms with Crippen molar-refractivity contribution in [2.45, 2.75) is 59.5 Å². The monoisotopic (exact) mass is 237 g/mol. The van der Waals surface area contributed by atoms with Gasteiger partial charge in [-0.05, 0) is 27.7 Å². The van der Waals surface area contributed by atoms with Gasteiger partial charge in [0.05, 0.1) is 0 Å². The van der Waals surface area contributed by atoms with Gasteiger partial charge >= 0.3 is 0 Å². The lowest BCUT2D eigenvalue weighted by Gasteiger charge is -2.14. The van der Waals surface area contributed by atoms with E-state index >= 15 is 0 Å². The first kappa shape index (κ1) is 13.7. The molecule has 0 saturated heterocycles. The van der Waals surface area contributed by atoms with Crippen LogP contribution >= 0.6 is 0 Å². The fourth-order valence-electron chi connectivity index (χ4n) is 1.30. The summed E-state index contributed by atoms with van der Waals surface area (Å²) in [5, 5.41) is 6.42. The average Bonchev–Trinajstić information content (AvgIpc) is 2.14. The topological polar surface area (TPSA) is 62.7 Å². The molecule has 0 aromatic carbocycles. The number of nitrogens with zero attached hydrogens (tertiary/aromatic N) is 3. The first-order valence-electron chi connectivity index (χ1n) is 6.17. The summed E-state index contributed by atoms with van der Waals surface area (Å²) in [7, 11) is 0. The molecule has 1 aromatic heterocycles. The highest BCUT2D eigenvalue weighted by molar-refractivity contribution is 5.35. The Hall–Kier alpha value is -1.39. The lowest BCUT2D eigenvalue weighted by Crippen LogP contribution is -2.18. The van der Waals surface area contributed by atoms with E-state index in [0.29, 0.717) is 29.9 Å². The van der Waals surface area contributed by atoms with Gasteiger partial charge in [-0.25, -0.2) is 0 Å². The van der Waals surface area contributed by atoms with Gasteiger partial charge in [-0.3, -0.25) is 0 Å². The van der Waals surface area contributed by atoms with Gasteiger partial charge in [-0.2, -0.15) is 15.0 Å². The van der Waals surface area contributed by atoms with Crippen LogP contribution in [-0.4, -0.2) is 27.0 Å². The third-order valence-corrected chi connectivity index (χ3v) is 2.00. The predicted octanol–water partition coefficient (Wildman–Crippen LogP) is 2.64. The Bertz CT molecular complexity index is 332. The minimum atomic E-state index is 0.290. The number of hydrogen-bond acceptors (Lipinski definition) is 5. The number of aromatic nitrogens is 3. The Morgan fingerprint density at radius 3 is 1.41 bits per heavy atom. The zero-order valence-electron chi connectivity index (χ0n) is 11.6. The molecule has 0 aliphatic rings. The van der Waals surface area contributed by atoms with E-state index in [1.807, 2.05) is 0 Å². The van der Waals surface area contributed by atoms with Crippen LogP contribution in [0.25, 0.3) is 0 Å². The van der Waals surface area contributed by atoms with E-state index in [1.54, 1.807) is 0 Å². The maximum atomic E-state index is 4.41. The Morgan fingerprint density at radius 1 is 0.706 bits per heavy atom. The molecule has 0 aliphatic carbocycles. The molecule has 0 aliphatic heterocycles. The molecule has 17 heavy (non-hydrogen) atoms. The van der Waals surface area contributed by atoms with Crippen LogP contribution < -0.4 is 10.6 Å². The number of rotatable bonds is 5. The van der Waals surface area contributed by atoms with Crippen molar-refractivity contribution in [2.75, 3.05) is 10.6 Å². The van der Waals surface area contributed by atoms with E-state index in [4.69, 9.17) is 0 Å². The first-order valence-corrected chi connectivity index (χ1v) is 6.17. The fraction of sp³-hybridized carbons (Fsp3) is 0.750. The van der Waals surface area contributed by atoms with Crippen LogP contribution in [0.5, 0.6) is 0 Å². The molecule has 5 heteroatoms. The number of nitrogens with one attached hydrogen (secondary N) is 2. The van der Waals surface area contributed by atoms with Crippen LogP contribution in [0.15, 0.2) is 0 Å². The van der Waals surface area contributed by atoms with Gasteiger partial charge in [-0.1, -0.05) is 13.8 Å². The SMILES string of the molecule is CC(C)Nc1nc(NC(C)C)nc(C(C)C)n1. The molecule has 1 rings (SSSR count). The molecule has 2 N–H and O–H groups in total. The van der Waals surface area contributed by atoms with Crippen molar-refractivity contribution in [3.8, 4) is 0 Å². The molecular formula is C12H23N5. The summed E-state index contributed by atoms with van der Waals surface area (Å²) in [4.78, 5) is 13.2. The summed E-state index contributed by atoms with van der Waals surface area (Å²) < 4.78 is 0. The van der Waals surface area contributed by atoms with Gasteiger partial charge in [-0.15, -0.1) is 0 Å². The molecule has 0 bridgehead atoms. The van der Waals surface area contributed by atoms with Crippen molar-refractivity contribution in [3.63, 3.8) is 0 Å². The highest BCUT2D eigenvalue weighted by Gasteiger charge is 2.10. The van der Waals surface area contributed by atoms with Crippen molar-refractivity contribution in [1.82, 2.24) is 15.0 Å². The number of hydrogen-bond donors (Lipinski definition) is 2. The molecule has 1 heterocycles. The molecular weight excluding hydrogens is 214 g/mol. The maximum Gasteiger partial charge on any atom is 0.227 e. The molecule has 0 amide bonds. The summed E-state index contributed by atoms with van der Waals surface area (Å²) in [5.41, 5.74) is 0. The minimum absolute atomic E-state index is 0.290. The molecule has 0 radical (unpaired) electrons. The molecule has 0 fully saturated rings. The van der Waals surface area contributed by atoms with Gasteiger partial charge < -0.3 is 10.6 Å². The normalized spacial score (nSPS) is 11.4. The van der Waals surface area contributed by atoms with Gasteiger partial charge in [0, 0.05) is 18.0 Å². The second-order valence-corrected chi connectivity index (χ2v) is 5.09. The second kappa shape index (κ2) is 5.80. The van der Waals surface area contributed by atoms with Crippen molar-refractivity contribution in [1.29, 1.82) is 0 Å². The lowest BCUT2D eigenvalue weighted by atomic mass is 10.2. The van der Waals surface area contributed by atoms with Crippen LogP contribution in [0.3, 0.4) is 0 Å².